The highest BCUT2D eigenvalue weighted by Crippen LogP contribution is 2.33. The number of hydrogen-bond acceptors (Lipinski definition) is 3. The van der Waals surface area contributed by atoms with E-state index in [0.717, 1.165) is 44.8 Å². The standard InChI is InChI=1S/C14H21NO2.ClH/c1-16-13-4-2-3-12(9-13)10-14(11-15)5-7-17-8-6-14;/h2-4,9H,5-8,10-11,15H2,1H3;1H. The maximum absolute atomic E-state index is 5.97. The normalized spacial score (nSPS) is 17.9. The summed E-state index contributed by atoms with van der Waals surface area (Å²) in [6, 6.07) is 8.27. The van der Waals surface area contributed by atoms with Crippen LogP contribution in [0.3, 0.4) is 0 Å². The Morgan fingerprint density at radius 3 is 2.67 bits per heavy atom. The van der Waals surface area contributed by atoms with Gasteiger partial charge in [0, 0.05) is 13.2 Å². The lowest BCUT2D eigenvalue weighted by Crippen LogP contribution is -2.38. The molecule has 2 rings (SSSR count). The van der Waals surface area contributed by atoms with Gasteiger partial charge in [0.05, 0.1) is 7.11 Å². The monoisotopic (exact) mass is 271 g/mol. The van der Waals surface area contributed by atoms with Crippen LogP contribution in [0.2, 0.25) is 0 Å². The van der Waals surface area contributed by atoms with Crippen LogP contribution in [0.25, 0.3) is 0 Å². The lowest BCUT2D eigenvalue weighted by atomic mass is 9.75. The third kappa shape index (κ3) is 3.61. The average Bonchev–Trinajstić information content (AvgIpc) is 2.40. The lowest BCUT2D eigenvalue weighted by molar-refractivity contribution is 0.0191. The third-order valence-corrected chi connectivity index (χ3v) is 3.70. The number of ether oxygens (including phenoxy) is 2. The third-order valence-electron chi connectivity index (χ3n) is 3.70. The van der Waals surface area contributed by atoms with Gasteiger partial charge >= 0.3 is 0 Å². The Morgan fingerprint density at radius 1 is 1.33 bits per heavy atom. The van der Waals surface area contributed by atoms with Crippen molar-refractivity contribution in [3.8, 4) is 5.75 Å². The maximum Gasteiger partial charge on any atom is 0.119 e. The zero-order valence-corrected chi connectivity index (χ0v) is 11.7. The van der Waals surface area contributed by atoms with E-state index in [1.54, 1.807) is 7.11 Å². The minimum absolute atomic E-state index is 0. The number of benzene rings is 1. The molecule has 1 aromatic carbocycles. The Hall–Kier alpha value is -0.770. The van der Waals surface area contributed by atoms with Gasteiger partial charge in [-0.3, -0.25) is 0 Å². The van der Waals surface area contributed by atoms with Gasteiger partial charge < -0.3 is 15.2 Å². The first-order valence-corrected chi connectivity index (χ1v) is 6.19. The fourth-order valence-corrected chi connectivity index (χ4v) is 2.47. The Morgan fingerprint density at radius 2 is 2.06 bits per heavy atom. The van der Waals surface area contributed by atoms with Crippen LogP contribution in [0.4, 0.5) is 0 Å². The highest BCUT2D eigenvalue weighted by molar-refractivity contribution is 5.85. The summed E-state index contributed by atoms with van der Waals surface area (Å²) in [5.74, 6) is 0.918. The number of methoxy groups -OCH3 is 1. The second-order valence-electron chi connectivity index (χ2n) is 4.84. The van der Waals surface area contributed by atoms with Crippen molar-refractivity contribution < 1.29 is 9.47 Å². The maximum atomic E-state index is 5.97. The van der Waals surface area contributed by atoms with Gasteiger partial charge in [0.1, 0.15) is 5.75 Å². The number of halogens is 1. The first-order valence-electron chi connectivity index (χ1n) is 6.19. The molecule has 0 unspecified atom stereocenters. The van der Waals surface area contributed by atoms with E-state index in [4.69, 9.17) is 15.2 Å². The Labute approximate surface area is 115 Å². The van der Waals surface area contributed by atoms with Gasteiger partial charge in [0.2, 0.25) is 0 Å². The number of rotatable bonds is 4. The summed E-state index contributed by atoms with van der Waals surface area (Å²) in [4.78, 5) is 0. The summed E-state index contributed by atoms with van der Waals surface area (Å²) < 4.78 is 10.7. The molecular formula is C14H22ClNO2. The topological polar surface area (TPSA) is 44.5 Å². The molecule has 102 valence electrons. The molecule has 0 saturated carbocycles. The van der Waals surface area contributed by atoms with E-state index in [-0.39, 0.29) is 17.8 Å². The van der Waals surface area contributed by atoms with Crippen molar-refractivity contribution in [2.24, 2.45) is 11.1 Å². The molecule has 4 heteroatoms. The van der Waals surface area contributed by atoms with Crippen molar-refractivity contribution in [1.29, 1.82) is 0 Å². The minimum Gasteiger partial charge on any atom is -0.497 e. The van der Waals surface area contributed by atoms with Crippen LogP contribution in [0, 0.1) is 5.41 Å². The van der Waals surface area contributed by atoms with E-state index >= 15 is 0 Å². The summed E-state index contributed by atoms with van der Waals surface area (Å²) in [5, 5.41) is 0. The molecule has 1 heterocycles. The van der Waals surface area contributed by atoms with Crippen LogP contribution in [-0.2, 0) is 11.2 Å². The lowest BCUT2D eigenvalue weighted by Gasteiger charge is -2.36. The molecule has 1 aliphatic heterocycles. The number of nitrogens with two attached hydrogens (primary N) is 1. The summed E-state index contributed by atoms with van der Waals surface area (Å²) in [6.45, 7) is 2.40. The van der Waals surface area contributed by atoms with Crippen LogP contribution < -0.4 is 10.5 Å². The van der Waals surface area contributed by atoms with Crippen molar-refractivity contribution in [3.63, 3.8) is 0 Å². The summed E-state index contributed by atoms with van der Waals surface area (Å²) in [7, 11) is 1.70. The highest BCUT2D eigenvalue weighted by atomic mass is 35.5. The SMILES string of the molecule is COc1cccc(CC2(CN)CCOCC2)c1.Cl. The zero-order valence-electron chi connectivity index (χ0n) is 10.9. The molecule has 0 aromatic heterocycles. The molecule has 0 aliphatic carbocycles. The van der Waals surface area contributed by atoms with Gasteiger partial charge in [-0.2, -0.15) is 0 Å². The van der Waals surface area contributed by atoms with Gasteiger partial charge in [-0.1, -0.05) is 12.1 Å². The molecule has 1 aromatic rings. The molecule has 1 aliphatic rings. The van der Waals surface area contributed by atoms with E-state index in [0.29, 0.717) is 0 Å². The van der Waals surface area contributed by atoms with Gasteiger partial charge in [-0.05, 0) is 48.9 Å². The van der Waals surface area contributed by atoms with Crippen molar-refractivity contribution in [1.82, 2.24) is 0 Å². The molecule has 2 N–H and O–H groups in total. The van der Waals surface area contributed by atoms with Gasteiger partial charge in [0.25, 0.3) is 0 Å². The van der Waals surface area contributed by atoms with Crippen molar-refractivity contribution in [2.45, 2.75) is 19.3 Å². The molecule has 18 heavy (non-hydrogen) atoms. The van der Waals surface area contributed by atoms with Crippen LogP contribution in [-0.4, -0.2) is 26.9 Å². The summed E-state index contributed by atoms with van der Waals surface area (Å²) >= 11 is 0. The smallest absolute Gasteiger partial charge is 0.119 e. The molecule has 0 radical (unpaired) electrons. The fourth-order valence-electron chi connectivity index (χ4n) is 2.47. The molecule has 1 fully saturated rings. The van der Waals surface area contributed by atoms with Crippen molar-refractivity contribution >= 4 is 12.4 Å². The van der Waals surface area contributed by atoms with Crippen LogP contribution in [0.15, 0.2) is 24.3 Å². The zero-order chi connectivity index (χ0) is 12.1. The summed E-state index contributed by atoms with van der Waals surface area (Å²) in [6.07, 6.45) is 3.13. The molecule has 3 nitrogen and oxygen atoms in total. The van der Waals surface area contributed by atoms with E-state index in [1.807, 2.05) is 12.1 Å². The molecule has 0 spiro atoms. The predicted octanol–water partition coefficient (Wildman–Crippen LogP) is 2.42. The largest absolute Gasteiger partial charge is 0.497 e. The van der Waals surface area contributed by atoms with Gasteiger partial charge in [-0.15, -0.1) is 12.4 Å². The second-order valence-corrected chi connectivity index (χ2v) is 4.84. The number of hydrogen-bond donors (Lipinski definition) is 1. The molecule has 0 atom stereocenters. The van der Waals surface area contributed by atoms with Crippen LogP contribution >= 0.6 is 12.4 Å². The van der Waals surface area contributed by atoms with Crippen molar-refractivity contribution in [3.05, 3.63) is 29.8 Å². The predicted molar refractivity (Wildman–Crippen MR) is 75.5 cm³/mol. The molecular weight excluding hydrogens is 250 g/mol. The fraction of sp³-hybridized carbons (Fsp3) is 0.571. The highest BCUT2D eigenvalue weighted by Gasteiger charge is 2.31. The first-order chi connectivity index (χ1) is 8.28. The second kappa shape index (κ2) is 6.98. The van der Waals surface area contributed by atoms with E-state index in [9.17, 15) is 0 Å². The Balaban J connectivity index is 0.00000162. The average molecular weight is 272 g/mol. The van der Waals surface area contributed by atoms with E-state index in [2.05, 4.69) is 12.1 Å². The van der Waals surface area contributed by atoms with E-state index in [1.165, 1.54) is 5.56 Å². The van der Waals surface area contributed by atoms with Crippen molar-refractivity contribution in [2.75, 3.05) is 26.9 Å². The van der Waals surface area contributed by atoms with Gasteiger partial charge in [0.15, 0.2) is 0 Å². The Kier molecular flexibility index (Phi) is 5.93. The van der Waals surface area contributed by atoms with Crippen LogP contribution in [0.1, 0.15) is 18.4 Å². The first kappa shape index (κ1) is 15.3. The summed E-state index contributed by atoms with van der Waals surface area (Å²) in [5.41, 5.74) is 7.49. The molecule has 0 amide bonds. The molecule has 0 bridgehead atoms. The Bertz CT molecular complexity index is 365. The molecule has 1 saturated heterocycles. The quantitative estimate of drug-likeness (QED) is 0.915. The van der Waals surface area contributed by atoms with Crippen LogP contribution in [0.5, 0.6) is 5.75 Å². The minimum atomic E-state index is 0. The van der Waals surface area contributed by atoms with E-state index < -0.39 is 0 Å². The van der Waals surface area contributed by atoms with Gasteiger partial charge in [-0.25, -0.2) is 0 Å².